The van der Waals surface area contributed by atoms with Crippen LogP contribution in [0.2, 0.25) is 0 Å². The number of aliphatic carboxylic acids is 1. The summed E-state index contributed by atoms with van der Waals surface area (Å²) < 4.78 is 10.1. The van der Waals surface area contributed by atoms with Crippen molar-refractivity contribution in [1.29, 1.82) is 0 Å². The van der Waals surface area contributed by atoms with E-state index in [2.05, 4.69) is 10.5 Å². The topological polar surface area (TPSA) is 105 Å². The zero-order valence-electron chi connectivity index (χ0n) is 11.2. The molecule has 1 unspecified atom stereocenters. The third-order valence-electron chi connectivity index (χ3n) is 3.00. The van der Waals surface area contributed by atoms with Crippen molar-refractivity contribution in [3.8, 4) is 0 Å². The molecule has 1 aromatic rings. The summed E-state index contributed by atoms with van der Waals surface area (Å²) >= 11 is 0. The highest BCUT2D eigenvalue weighted by molar-refractivity contribution is 5.91. The fourth-order valence-corrected chi connectivity index (χ4v) is 2.07. The van der Waals surface area contributed by atoms with Gasteiger partial charge in [-0.3, -0.25) is 19.8 Å². The van der Waals surface area contributed by atoms with Crippen LogP contribution in [-0.4, -0.2) is 59.4 Å². The molecule has 0 saturated carbocycles. The van der Waals surface area contributed by atoms with Crippen LogP contribution >= 0.6 is 0 Å². The lowest BCUT2D eigenvalue weighted by molar-refractivity contribution is -0.141. The first-order valence-electron chi connectivity index (χ1n) is 6.31. The molecule has 0 spiro atoms. The molecule has 0 aromatic carbocycles. The maximum atomic E-state index is 11.9. The quantitative estimate of drug-likeness (QED) is 0.789. The van der Waals surface area contributed by atoms with Crippen LogP contribution in [-0.2, 0) is 14.3 Å². The van der Waals surface area contributed by atoms with Gasteiger partial charge in [0.15, 0.2) is 0 Å². The highest BCUT2D eigenvalue weighted by Crippen LogP contribution is 2.12. The summed E-state index contributed by atoms with van der Waals surface area (Å²) in [5.41, 5.74) is 0.676. The molecule has 8 nitrogen and oxygen atoms in total. The normalized spacial score (nSPS) is 19.8. The average molecular weight is 283 g/mol. The smallest absolute Gasteiger partial charge is 0.305 e. The predicted octanol–water partition coefficient (Wildman–Crippen LogP) is 0.0970. The summed E-state index contributed by atoms with van der Waals surface area (Å²) in [6.45, 7) is 3.19. The number of hydrogen-bond acceptors (Lipinski definition) is 6. The molecule has 1 aliphatic heterocycles. The van der Waals surface area contributed by atoms with Crippen molar-refractivity contribution in [1.82, 2.24) is 10.1 Å². The Bertz CT molecular complexity index is 487. The van der Waals surface area contributed by atoms with E-state index in [1.54, 1.807) is 17.9 Å². The standard InChI is InChI=1S/C12H17N3O5/c1-8-4-11(20-14-8)13-10(16)6-15-2-3-19-7-9(15)5-12(17)18/h4,9H,2-3,5-7H2,1H3,(H,13,16)(H,17,18). The number of ether oxygens (including phenoxy) is 1. The second kappa shape index (κ2) is 6.49. The number of carbonyl (C=O) groups excluding carboxylic acids is 1. The van der Waals surface area contributed by atoms with Gasteiger partial charge in [0.2, 0.25) is 11.8 Å². The Morgan fingerprint density at radius 3 is 3.05 bits per heavy atom. The molecule has 2 rings (SSSR count). The summed E-state index contributed by atoms with van der Waals surface area (Å²) in [6, 6.07) is 1.33. The van der Waals surface area contributed by atoms with Gasteiger partial charge in [-0.15, -0.1) is 0 Å². The van der Waals surface area contributed by atoms with Crippen molar-refractivity contribution in [2.24, 2.45) is 0 Å². The van der Waals surface area contributed by atoms with Crippen LogP contribution in [0.4, 0.5) is 5.88 Å². The van der Waals surface area contributed by atoms with Crippen LogP contribution in [0.15, 0.2) is 10.6 Å². The summed E-state index contributed by atoms with van der Waals surface area (Å²) in [4.78, 5) is 24.5. The maximum absolute atomic E-state index is 11.9. The molecule has 0 aliphatic carbocycles. The van der Waals surface area contributed by atoms with Gasteiger partial charge in [0, 0.05) is 18.7 Å². The molecular formula is C12H17N3O5. The van der Waals surface area contributed by atoms with Gasteiger partial charge in [0.05, 0.1) is 31.9 Å². The number of carboxylic acid groups (broad SMARTS) is 1. The van der Waals surface area contributed by atoms with E-state index in [1.807, 2.05) is 0 Å². The van der Waals surface area contributed by atoms with E-state index < -0.39 is 5.97 Å². The lowest BCUT2D eigenvalue weighted by Crippen LogP contribution is -2.49. The van der Waals surface area contributed by atoms with Gasteiger partial charge in [-0.2, -0.15) is 0 Å². The highest BCUT2D eigenvalue weighted by Gasteiger charge is 2.27. The Labute approximate surface area is 115 Å². The molecule has 1 amide bonds. The van der Waals surface area contributed by atoms with Crippen molar-refractivity contribution in [3.05, 3.63) is 11.8 Å². The van der Waals surface area contributed by atoms with Crippen LogP contribution in [0.25, 0.3) is 0 Å². The first kappa shape index (κ1) is 14.5. The molecule has 1 aromatic heterocycles. The van der Waals surface area contributed by atoms with Gasteiger partial charge in [-0.1, -0.05) is 5.16 Å². The Morgan fingerprint density at radius 2 is 2.40 bits per heavy atom. The summed E-state index contributed by atoms with van der Waals surface area (Å²) in [7, 11) is 0. The zero-order valence-corrected chi connectivity index (χ0v) is 11.2. The lowest BCUT2D eigenvalue weighted by atomic mass is 10.1. The fraction of sp³-hybridized carbons (Fsp3) is 0.583. The second-order valence-electron chi connectivity index (χ2n) is 4.68. The Balaban J connectivity index is 1.89. The van der Waals surface area contributed by atoms with Gasteiger partial charge >= 0.3 is 5.97 Å². The number of nitrogens with one attached hydrogen (secondary N) is 1. The number of carbonyl (C=O) groups is 2. The molecule has 110 valence electrons. The van der Waals surface area contributed by atoms with Crippen LogP contribution in [0.5, 0.6) is 0 Å². The molecule has 0 bridgehead atoms. The van der Waals surface area contributed by atoms with E-state index in [0.29, 0.717) is 25.5 Å². The van der Waals surface area contributed by atoms with E-state index in [9.17, 15) is 9.59 Å². The Kier molecular flexibility index (Phi) is 4.70. The van der Waals surface area contributed by atoms with E-state index in [-0.39, 0.29) is 30.8 Å². The van der Waals surface area contributed by atoms with E-state index in [1.165, 1.54) is 0 Å². The molecule has 20 heavy (non-hydrogen) atoms. The number of aryl methyl sites for hydroxylation is 1. The van der Waals surface area contributed by atoms with E-state index >= 15 is 0 Å². The van der Waals surface area contributed by atoms with Crippen LogP contribution < -0.4 is 5.32 Å². The number of nitrogens with zero attached hydrogens (tertiary/aromatic N) is 2. The predicted molar refractivity (Wildman–Crippen MR) is 68.3 cm³/mol. The van der Waals surface area contributed by atoms with Crippen molar-refractivity contribution in [2.45, 2.75) is 19.4 Å². The zero-order chi connectivity index (χ0) is 14.5. The van der Waals surface area contributed by atoms with Crippen molar-refractivity contribution in [2.75, 3.05) is 31.6 Å². The molecule has 8 heteroatoms. The average Bonchev–Trinajstić information content (AvgIpc) is 2.76. The largest absolute Gasteiger partial charge is 0.481 e. The monoisotopic (exact) mass is 283 g/mol. The molecule has 2 heterocycles. The van der Waals surface area contributed by atoms with Crippen LogP contribution in [0.1, 0.15) is 12.1 Å². The molecule has 1 saturated heterocycles. The van der Waals surface area contributed by atoms with Gasteiger partial charge in [-0.25, -0.2) is 0 Å². The molecule has 1 fully saturated rings. The third-order valence-corrected chi connectivity index (χ3v) is 3.00. The summed E-state index contributed by atoms with van der Waals surface area (Å²) in [6.07, 6.45) is -0.0469. The van der Waals surface area contributed by atoms with Gasteiger partial charge in [0.1, 0.15) is 0 Å². The third kappa shape index (κ3) is 4.04. The number of aromatic nitrogens is 1. The minimum absolute atomic E-state index is 0.0469. The SMILES string of the molecule is Cc1cc(NC(=O)CN2CCOCC2CC(=O)O)on1. The highest BCUT2D eigenvalue weighted by atomic mass is 16.5. The van der Waals surface area contributed by atoms with Crippen LogP contribution in [0, 0.1) is 6.92 Å². The van der Waals surface area contributed by atoms with Crippen LogP contribution in [0.3, 0.4) is 0 Å². The molecule has 0 radical (unpaired) electrons. The number of morpholine rings is 1. The second-order valence-corrected chi connectivity index (χ2v) is 4.68. The minimum Gasteiger partial charge on any atom is -0.481 e. The summed E-state index contributed by atoms with van der Waals surface area (Å²) in [5, 5.41) is 15.1. The van der Waals surface area contributed by atoms with Crippen molar-refractivity contribution < 1.29 is 24.0 Å². The number of hydrogen-bond donors (Lipinski definition) is 2. The molecule has 1 aliphatic rings. The number of carboxylic acids is 1. The van der Waals surface area contributed by atoms with E-state index in [0.717, 1.165) is 0 Å². The number of anilines is 1. The van der Waals surface area contributed by atoms with Crippen molar-refractivity contribution >= 4 is 17.8 Å². The first-order valence-corrected chi connectivity index (χ1v) is 6.31. The lowest BCUT2D eigenvalue weighted by Gasteiger charge is -2.33. The maximum Gasteiger partial charge on any atom is 0.305 e. The van der Waals surface area contributed by atoms with Gasteiger partial charge in [0.25, 0.3) is 0 Å². The number of amides is 1. The fourth-order valence-electron chi connectivity index (χ4n) is 2.07. The number of rotatable bonds is 5. The van der Waals surface area contributed by atoms with Gasteiger partial charge in [-0.05, 0) is 6.92 Å². The molecule has 1 atom stereocenters. The Hall–Kier alpha value is -1.93. The molecular weight excluding hydrogens is 266 g/mol. The Morgan fingerprint density at radius 1 is 1.60 bits per heavy atom. The van der Waals surface area contributed by atoms with Crippen molar-refractivity contribution in [3.63, 3.8) is 0 Å². The molecule has 2 N–H and O–H groups in total. The summed E-state index contributed by atoms with van der Waals surface area (Å²) in [5.74, 6) is -0.884. The van der Waals surface area contributed by atoms with E-state index in [4.69, 9.17) is 14.4 Å². The van der Waals surface area contributed by atoms with Gasteiger partial charge < -0.3 is 14.4 Å². The first-order chi connectivity index (χ1) is 9.54. The minimum atomic E-state index is -0.906.